The molecule has 0 spiro atoms. The van der Waals surface area contributed by atoms with Gasteiger partial charge in [0.05, 0.1) is 10.6 Å². The molecule has 1 aromatic carbocycles. The van der Waals surface area contributed by atoms with Crippen molar-refractivity contribution in [2.45, 2.75) is 25.3 Å². The molecule has 22 heavy (non-hydrogen) atoms. The van der Waals surface area contributed by atoms with Gasteiger partial charge in [-0.3, -0.25) is 4.79 Å². The van der Waals surface area contributed by atoms with E-state index in [1.165, 1.54) is 18.2 Å². The summed E-state index contributed by atoms with van der Waals surface area (Å²) in [6.45, 7) is 0.558. The van der Waals surface area contributed by atoms with Crippen LogP contribution in [-0.4, -0.2) is 43.5 Å². The second-order valence-electron chi connectivity index (χ2n) is 5.21. The van der Waals surface area contributed by atoms with Crippen LogP contribution in [0, 0.1) is 0 Å². The fourth-order valence-corrected chi connectivity index (χ4v) is 3.15. The molecule has 1 atom stereocenters. The predicted octanol–water partition coefficient (Wildman–Crippen LogP) is 0.833. The molecule has 0 aromatic heterocycles. The Balaban J connectivity index is 2.19. The summed E-state index contributed by atoms with van der Waals surface area (Å²) in [5.74, 6) is -0.384. The first kappa shape index (κ1) is 17.0. The summed E-state index contributed by atoms with van der Waals surface area (Å²) in [5, 5.41) is 14.7. The summed E-state index contributed by atoms with van der Waals surface area (Å²) in [5.41, 5.74) is 0.198. The number of nitrogens with two attached hydrogens (primary N) is 1. The zero-order valence-corrected chi connectivity index (χ0v) is 13.4. The van der Waals surface area contributed by atoms with Crippen LogP contribution >= 0.6 is 11.6 Å². The topological polar surface area (TPSA) is 113 Å². The molecule has 7 nitrogen and oxygen atoms in total. The van der Waals surface area contributed by atoms with Crippen LogP contribution in [0.15, 0.2) is 18.2 Å². The molecular weight excluding hydrogens is 330 g/mol. The van der Waals surface area contributed by atoms with Crippen LogP contribution in [0.1, 0.15) is 29.6 Å². The highest BCUT2D eigenvalue weighted by molar-refractivity contribution is 7.87. The van der Waals surface area contributed by atoms with Gasteiger partial charge >= 0.3 is 0 Å². The molecule has 0 unspecified atom stereocenters. The van der Waals surface area contributed by atoms with Crippen molar-refractivity contribution in [3.8, 4) is 5.75 Å². The van der Waals surface area contributed by atoms with Gasteiger partial charge in [-0.15, -0.1) is 0 Å². The highest BCUT2D eigenvalue weighted by atomic mass is 35.5. The Morgan fingerprint density at radius 2 is 2.18 bits per heavy atom. The van der Waals surface area contributed by atoms with Crippen LogP contribution in [0.2, 0.25) is 5.02 Å². The summed E-state index contributed by atoms with van der Waals surface area (Å²) in [4.78, 5) is 14.2. The minimum atomic E-state index is -3.81. The van der Waals surface area contributed by atoms with E-state index in [0.717, 1.165) is 12.8 Å². The Morgan fingerprint density at radius 3 is 2.86 bits per heavy atom. The molecule has 1 amide bonds. The number of phenols is 1. The number of aromatic hydroxyl groups is 1. The fraction of sp³-hybridized carbons (Fsp3) is 0.462. The molecule has 1 aliphatic rings. The average molecular weight is 348 g/mol. The van der Waals surface area contributed by atoms with E-state index in [4.69, 9.17) is 16.7 Å². The highest BCUT2D eigenvalue weighted by Crippen LogP contribution is 2.26. The summed E-state index contributed by atoms with van der Waals surface area (Å²) in [7, 11) is -3.81. The van der Waals surface area contributed by atoms with Crippen molar-refractivity contribution in [1.29, 1.82) is 0 Å². The lowest BCUT2D eigenvalue weighted by molar-refractivity contribution is 0.0618. The summed E-state index contributed by atoms with van der Waals surface area (Å²) in [6, 6.07) is 3.86. The monoisotopic (exact) mass is 347 g/mol. The predicted molar refractivity (Wildman–Crippen MR) is 82.9 cm³/mol. The Morgan fingerprint density at radius 1 is 1.45 bits per heavy atom. The third-order valence-corrected chi connectivity index (χ3v) is 4.49. The Hall–Kier alpha value is -1.35. The van der Waals surface area contributed by atoms with Gasteiger partial charge in [0.15, 0.2) is 0 Å². The molecule has 9 heteroatoms. The molecule has 4 N–H and O–H groups in total. The number of rotatable bonds is 4. The first-order valence-corrected chi connectivity index (χ1v) is 8.77. The summed E-state index contributed by atoms with van der Waals surface area (Å²) in [6.07, 6.45) is 2.40. The molecule has 1 saturated heterocycles. The van der Waals surface area contributed by atoms with Gasteiger partial charge in [0, 0.05) is 19.1 Å². The number of hydrogen-bond acceptors (Lipinski definition) is 4. The smallest absolute Gasteiger partial charge is 0.274 e. The van der Waals surface area contributed by atoms with Gasteiger partial charge in [-0.25, -0.2) is 9.86 Å². The molecule has 0 saturated carbocycles. The van der Waals surface area contributed by atoms with Gasteiger partial charge in [-0.2, -0.15) is 8.42 Å². The van der Waals surface area contributed by atoms with Crippen LogP contribution in [-0.2, 0) is 10.2 Å². The lowest BCUT2D eigenvalue weighted by Crippen LogP contribution is -2.50. The van der Waals surface area contributed by atoms with Gasteiger partial charge in [0.2, 0.25) is 0 Å². The number of halogens is 1. The van der Waals surface area contributed by atoms with Crippen molar-refractivity contribution in [3.05, 3.63) is 28.8 Å². The van der Waals surface area contributed by atoms with E-state index in [9.17, 15) is 18.3 Å². The van der Waals surface area contributed by atoms with Gasteiger partial charge < -0.3 is 10.0 Å². The van der Waals surface area contributed by atoms with E-state index in [-0.39, 0.29) is 34.8 Å². The molecule has 0 bridgehead atoms. The maximum atomic E-state index is 12.6. The van der Waals surface area contributed by atoms with Crippen LogP contribution in [0.5, 0.6) is 5.75 Å². The largest absolute Gasteiger partial charge is 0.508 e. The maximum Gasteiger partial charge on any atom is 0.274 e. The van der Waals surface area contributed by atoms with E-state index >= 15 is 0 Å². The van der Waals surface area contributed by atoms with Crippen molar-refractivity contribution in [2.24, 2.45) is 5.14 Å². The molecule has 1 aromatic rings. The van der Waals surface area contributed by atoms with Gasteiger partial charge in [0.25, 0.3) is 16.1 Å². The van der Waals surface area contributed by atoms with Gasteiger partial charge in [-0.1, -0.05) is 11.6 Å². The Labute approximate surface area is 134 Å². The molecule has 1 fully saturated rings. The van der Waals surface area contributed by atoms with Gasteiger partial charge in [-0.05, 0) is 37.5 Å². The van der Waals surface area contributed by atoms with Crippen molar-refractivity contribution in [2.75, 3.05) is 13.1 Å². The first-order valence-electron chi connectivity index (χ1n) is 6.85. The van der Waals surface area contributed by atoms with E-state index in [2.05, 4.69) is 4.72 Å². The number of amides is 1. The lowest BCUT2D eigenvalue weighted by Gasteiger charge is -2.36. The standard InChI is InChI=1S/C13H18ClN3O4S/c14-12-5-4-10(18)7-11(12)13(19)17-6-2-1-3-9(17)8-16-22(15,20)21/h4-5,7,9,16,18H,1-3,6,8H2,(H2,15,20,21)/t9-/m1/s1. The number of benzene rings is 1. The first-order chi connectivity index (χ1) is 10.3. The van der Waals surface area contributed by atoms with Crippen molar-refractivity contribution in [3.63, 3.8) is 0 Å². The van der Waals surface area contributed by atoms with Gasteiger partial charge in [0.1, 0.15) is 5.75 Å². The number of nitrogens with one attached hydrogen (secondary N) is 1. The van der Waals surface area contributed by atoms with Crippen molar-refractivity contribution < 1.29 is 18.3 Å². The Bertz CT molecular complexity index is 665. The fourth-order valence-electron chi connectivity index (χ4n) is 2.52. The molecule has 1 heterocycles. The number of likely N-dealkylation sites (tertiary alicyclic amines) is 1. The van der Waals surface area contributed by atoms with Crippen LogP contribution in [0.4, 0.5) is 0 Å². The molecule has 1 aliphatic heterocycles. The normalized spacial score (nSPS) is 19.2. The third kappa shape index (κ3) is 4.33. The minimum Gasteiger partial charge on any atom is -0.508 e. The van der Waals surface area contributed by atoms with E-state index < -0.39 is 10.2 Å². The quantitative estimate of drug-likeness (QED) is 0.748. The highest BCUT2D eigenvalue weighted by Gasteiger charge is 2.29. The Kier molecular flexibility index (Phi) is 5.28. The third-order valence-electron chi connectivity index (χ3n) is 3.59. The molecule has 122 valence electrons. The minimum absolute atomic E-state index is 0.0519. The van der Waals surface area contributed by atoms with E-state index in [1.54, 1.807) is 4.90 Å². The van der Waals surface area contributed by atoms with E-state index in [1.807, 2.05) is 0 Å². The zero-order valence-electron chi connectivity index (χ0n) is 11.8. The van der Waals surface area contributed by atoms with E-state index in [0.29, 0.717) is 13.0 Å². The number of carbonyl (C=O) groups excluding carboxylic acids is 1. The number of piperidine rings is 1. The molecular formula is C13H18ClN3O4S. The molecule has 0 aliphatic carbocycles. The summed E-state index contributed by atoms with van der Waals surface area (Å²) < 4.78 is 24.3. The lowest BCUT2D eigenvalue weighted by atomic mass is 10.0. The zero-order chi connectivity index (χ0) is 16.3. The number of phenolic OH excluding ortho intramolecular Hbond substituents is 1. The molecule has 0 radical (unpaired) electrons. The second-order valence-corrected chi connectivity index (χ2v) is 6.99. The number of hydrogen-bond donors (Lipinski definition) is 3. The van der Waals surface area contributed by atoms with Crippen molar-refractivity contribution >= 4 is 27.7 Å². The molecule has 2 rings (SSSR count). The van der Waals surface area contributed by atoms with Crippen LogP contribution in [0.25, 0.3) is 0 Å². The SMILES string of the molecule is NS(=O)(=O)NC[C@H]1CCCCN1C(=O)c1cc(O)ccc1Cl. The van der Waals surface area contributed by atoms with Crippen LogP contribution < -0.4 is 9.86 Å². The number of nitrogens with zero attached hydrogens (tertiary/aromatic N) is 1. The summed E-state index contributed by atoms with van der Waals surface area (Å²) >= 11 is 6.02. The second kappa shape index (κ2) is 6.82. The van der Waals surface area contributed by atoms with Crippen molar-refractivity contribution in [1.82, 2.24) is 9.62 Å². The average Bonchev–Trinajstić information content (AvgIpc) is 2.46. The van der Waals surface area contributed by atoms with Crippen LogP contribution in [0.3, 0.4) is 0 Å². The number of carbonyl (C=O) groups is 1. The maximum absolute atomic E-state index is 12.6.